The van der Waals surface area contributed by atoms with Crippen molar-refractivity contribution in [2.24, 2.45) is 5.73 Å². The van der Waals surface area contributed by atoms with Crippen LogP contribution in [-0.2, 0) is 10.0 Å². The number of rotatable bonds is 2. The Bertz CT molecular complexity index is 350. The fraction of sp³-hybridized carbons (Fsp3) is 1.00. The van der Waals surface area contributed by atoms with E-state index in [0.717, 1.165) is 25.9 Å². The maximum Gasteiger partial charge on any atom is 0.211 e. The highest BCUT2D eigenvalue weighted by atomic mass is 32.2. The molecule has 2 unspecified atom stereocenters. The first-order chi connectivity index (χ1) is 7.97. The van der Waals surface area contributed by atoms with Crippen molar-refractivity contribution in [3.05, 3.63) is 0 Å². The summed E-state index contributed by atoms with van der Waals surface area (Å²) >= 11 is 0. The van der Waals surface area contributed by atoms with Crippen LogP contribution >= 0.6 is 0 Å². The van der Waals surface area contributed by atoms with Gasteiger partial charge in [-0.15, -0.1) is 0 Å². The van der Waals surface area contributed by atoms with Crippen molar-refractivity contribution in [2.45, 2.75) is 37.8 Å². The summed E-state index contributed by atoms with van der Waals surface area (Å²) in [5.41, 5.74) is 6.00. The molecule has 1 heterocycles. The highest BCUT2D eigenvalue weighted by Crippen LogP contribution is 2.23. The third-order valence-corrected chi connectivity index (χ3v) is 5.25. The molecule has 1 saturated heterocycles. The second-order valence-electron chi connectivity index (χ2n) is 5.28. The summed E-state index contributed by atoms with van der Waals surface area (Å²) in [4.78, 5) is 2.42. The molecule has 0 spiro atoms. The largest absolute Gasteiger partial charge is 0.328 e. The van der Waals surface area contributed by atoms with Crippen molar-refractivity contribution in [3.63, 3.8) is 0 Å². The van der Waals surface area contributed by atoms with E-state index in [1.54, 1.807) is 4.31 Å². The normalized spacial score (nSPS) is 33.8. The molecule has 0 aromatic rings. The fourth-order valence-corrected chi connectivity index (χ4v) is 3.76. The van der Waals surface area contributed by atoms with Crippen LogP contribution < -0.4 is 5.73 Å². The van der Waals surface area contributed by atoms with E-state index in [1.807, 2.05) is 0 Å². The van der Waals surface area contributed by atoms with E-state index < -0.39 is 10.0 Å². The molecular formula is C11H23N3O2S. The summed E-state index contributed by atoms with van der Waals surface area (Å²) in [6.07, 6.45) is 5.92. The summed E-state index contributed by atoms with van der Waals surface area (Å²) in [6, 6.07) is 0.905. The number of hydrogen-bond donors (Lipinski definition) is 1. The fourth-order valence-electron chi connectivity index (χ4n) is 2.93. The van der Waals surface area contributed by atoms with Crippen molar-refractivity contribution < 1.29 is 8.42 Å². The SMILES string of the molecule is CS(=O)(=O)N1CCN(C2CCCC(N)C2)CC1. The van der Waals surface area contributed by atoms with Gasteiger partial charge in [-0.05, 0) is 19.3 Å². The van der Waals surface area contributed by atoms with Crippen LogP contribution in [0.1, 0.15) is 25.7 Å². The van der Waals surface area contributed by atoms with Gasteiger partial charge in [-0.1, -0.05) is 6.42 Å². The molecular weight excluding hydrogens is 238 g/mol. The van der Waals surface area contributed by atoms with Gasteiger partial charge in [0.2, 0.25) is 10.0 Å². The Morgan fingerprint density at radius 2 is 1.76 bits per heavy atom. The average molecular weight is 261 g/mol. The number of nitrogens with zero attached hydrogens (tertiary/aromatic N) is 2. The number of hydrogen-bond acceptors (Lipinski definition) is 4. The smallest absolute Gasteiger partial charge is 0.211 e. The van der Waals surface area contributed by atoms with Crippen LogP contribution in [0.4, 0.5) is 0 Å². The number of piperazine rings is 1. The molecule has 2 rings (SSSR count). The molecule has 1 saturated carbocycles. The van der Waals surface area contributed by atoms with E-state index in [4.69, 9.17) is 5.73 Å². The van der Waals surface area contributed by atoms with E-state index in [0.29, 0.717) is 25.2 Å². The van der Waals surface area contributed by atoms with Gasteiger partial charge in [0.05, 0.1) is 6.26 Å². The van der Waals surface area contributed by atoms with E-state index in [2.05, 4.69) is 4.90 Å². The lowest BCUT2D eigenvalue weighted by Gasteiger charge is -2.41. The van der Waals surface area contributed by atoms with Gasteiger partial charge in [0.15, 0.2) is 0 Å². The maximum absolute atomic E-state index is 11.4. The van der Waals surface area contributed by atoms with Crippen LogP contribution in [0, 0.1) is 0 Å². The van der Waals surface area contributed by atoms with Gasteiger partial charge >= 0.3 is 0 Å². The van der Waals surface area contributed by atoms with Crippen LogP contribution in [0.3, 0.4) is 0 Å². The predicted octanol–water partition coefficient (Wildman–Crippen LogP) is -0.166. The summed E-state index contributed by atoms with van der Waals surface area (Å²) < 4.78 is 24.4. The zero-order valence-corrected chi connectivity index (χ0v) is 11.3. The Labute approximate surface area is 104 Å². The quantitative estimate of drug-likeness (QED) is 0.750. The van der Waals surface area contributed by atoms with Gasteiger partial charge in [-0.2, -0.15) is 4.31 Å². The minimum absolute atomic E-state index is 0.335. The van der Waals surface area contributed by atoms with Crippen molar-refractivity contribution in [3.8, 4) is 0 Å². The lowest BCUT2D eigenvalue weighted by molar-refractivity contribution is 0.106. The Morgan fingerprint density at radius 1 is 1.12 bits per heavy atom. The molecule has 2 aliphatic rings. The second kappa shape index (κ2) is 5.22. The maximum atomic E-state index is 11.4. The van der Waals surface area contributed by atoms with E-state index >= 15 is 0 Å². The molecule has 0 bridgehead atoms. The lowest BCUT2D eigenvalue weighted by Crippen LogP contribution is -2.53. The minimum Gasteiger partial charge on any atom is -0.328 e. The summed E-state index contributed by atoms with van der Waals surface area (Å²) in [5.74, 6) is 0. The molecule has 0 amide bonds. The first-order valence-corrected chi connectivity index (χ1v) is 8.26. The van der Waals surface area contributed by atoms with E-state index in [9.17, 15) is 8.42 Å². The minimum atomic E-state index is -3.01. The molecule has 2 fully saturated rings. The highest BCUT2D eigenvalue weighted by molar-refractivity contribution is 7.88. The first-order valence-electron chi connectivity index (χ1n) is 6.41. The van der Waals surface area contributed by atoms with Crippen molar-refractivity contribution in [1.82, 2.24) is 9.21 Å². The number of nitrogens with two attached hydrogens (primary N) is 1. The monoisotopic (exact) mass is 261 g/mol. The highest BCUT2D eigenvalue weighted by Gasteiger charge is 2.29. The van der Waals surface area contributed by atoms with Gasteiger partial charge < -0.3 is 5.73 Å². The Balaban J connectivity index is 1.86. The van der Waals surface area contributed by atoms with Crippen LogP contribution in [0.15, 0.2) is 0 Å². The van der Waals surface area contributed by atoms with E-state index in [-0.39, 0.29) is 0 Å². The third kappa shape index (κ3) is 3.40. The molecule has 5 nitrogen and oxygen atoms in total. The molecule has 17 heavy (non-hydrogen) atoms. The Hall–Kier alpha value is -0.170. The van der Waals surface area contributed by atoms with Crippen LogP contribution in [0.25, 0.3) is 0 Å². The van der Waals surface area contributed by atoms with Gasteiger partial charge in [0.1, 0.15) is 0 Å². The van der Waals surface area contributed by atoms with Crippen LogP contribution in [-0.4, -0.2) is 62.1 Å². The first kappa shape index (κ1) is 13.3. The van der Waals surface area contributed by atoms with Gasteiger partial charge in [-0.25, -0.2) is 8.42 Å². The summed E-state index contributed by atoms with van der Waals surface area (Å²) in [6.45, 7) is 2.96. The molecule has 0 aromatic carbocycles. The molecule has 2 atom stereocenters. The molecule has 1 aliphatic heterocycles. The second-order valence-corrected chi connectivity index (χ2v) is 7.26. The van der Waals surface area contributed by atoms with Crippen LogP contribution in [0.2, 0.25) is 0 Å². The lowest BCUT2D eigenvalue weighted by atomic mass is 9.90. The van der Waals surface area contributed by atoms with Gasteiger partial charge in [0.25, 0.3) is 0 Å². The summed E-state index contributed by atoms with van der Waals surface area (Å²) in [5, 5.41) is 0. The predicted molar refractivity (Wildman–Crippen MR) is 68.2 cm³/mol. The standard InChI is InChI=1S/C11H23N3O2S/c1-17(15,16)14-7-5-13(6-8-14)11-4-2-3-10(12)9-11/h10-11H,2-9,12H2,1H3. The topological polar surface area (TPSA) is 66.6 Å². The van der Waals surface area contributed by atoms with E-state index in [1.165, 1.54) is 19.1 Å². The van der Waals surface area contributed by atoms with Crippen molar-refractivity contribution >= 4 is 10.0 Å². The van der Waals surface area contributed by atoms with Crippen LogP contribution in [0.5, 0.6) is 0 Å². The molecule has 100 valence electrons. The zero-order chi connectivity index (χ0) is 12.5. The zero-order valence-electron chi connectivity index (χ0n) is 10.5. The Morgan fingerprint density at radius 3 is 2.29 bits per heavy atom. The van der Waals surface area contributed by atoms with Gasteiger partial charge in [-0.3, -0.25) is 4.90 Å². The van der Waals surface area contributed by atoms with Crippen molar-refractivity contribution in [1.29, 1.82) is 0 Å². The van der Waals surface area contributed by atoms with Crippen molar-refractivity contribution in [2.75, 3.05) is 32.4 Å². The molecule has 0 radical (unpaired) electrons. The average Bonchev–Trinajstić information content (AvgIpc) is 2.28. The van der Waals surface area contributed by atoms with Gasteiger partial charge in [0, 0.05) is 38.3 Å². The molecule has 1 aliphatic carbocycles. The molecule has 0 aromatic heterocycles. The molecule has 2 N–H and O–H groups in total. The molecule has 6 heteroatoms. The summed E-state index contributed by atoms with van der Waals surface area (Å²) in [7, 11) is -3.01. The number of sulfonamides is 1. The Kier molecular flexibility index (Phi) is 4.07. The third-order valence-electron chi connectivity index (χ3n) is 3.95.